The molecule has 0 bridgehead atoms. The molecule has 0 aromatic heterocycles. The van der Waals surface area contributed by atoms with Gasteiger partial charge in [-0.15, -0.1) is 0 Å². The van der Waals surface area contributed by atoms with Crippen LogP contribution in [0.1, 0.15) is 0 Å². The van der Waals surface area contributed by atoms with Crippen LogP contribution < -0.4 is 13.6 Å². The highest BCUT2D eigenvalue weighted by molar-refractivity contribution is 7.49. The fourth-order valence-electron chi connectivity index (χ4n) is 3.99. The van der Waals surface area contributed by atoms with Crippen molar-refractivity contribution < 1.29 is 18.1 Å². The molecule has 10 nitrogen and oxygen atoms in total. The number of phosphoric ester groups is 1. The largest absolute Gasteiger partial charge is 0.647 e. The highest BCUT2D eigenvalue weighted by atomic mass is 31.2. The summed E-state index contributed by atoms with van der Waals surface area (Å²) in [5, 5.41) is 25.4. The summed E-state index contributed by atoms with van der Waals surface area (Å²) >= 11 is 0. The summed E-state index contributed by atoms with van der Waals surface area (Å²) in [6.45, 7) is 0. The van der Waals surface area contributed by atoms with Gasteiger partial charge in [0.15, 0.2) is 0 Å². The van der Waals surface area contributed by atoms with E-state index in [0.29, 0.717) is 17.1 Å². The maximum atomic E-state index is 14.1. The monoisotopic (exact) mass is 638 g/mol. The predicted octanol–water partition coefficient (Wildman–Crippen LogP) is 12.6. The van der Waals surface area contributed by atoms with Gasteiger partial charge in [-0.25, -0.2) is 0 Å². The van der Waals surface area contributed by atoms with E-state index in [-0.39, 0.29) is 17.2 Å². The summed E-state index contributed by atoms with van der Waals surface area (Å²) in [6, 6.07) is 47.9. The standard InChI is InChI=1S/C36H27N6O4P/c43-47(44-34-22-16-31(17-23-34)40-37-28-10-4-1-5-11-28,45-35-24-18-32(19-25-35)41-38-29-12-6-2-7-13-29)46-36-26-20-33(21-27-36)42-39-30-14-8-3-9-15-30/h1-27H/b40-37+,41-38+,42-39+. The van der Waals surface area contributed by atoms with Crippen LogP contribution in [0.25, 0.3) is 0 Å². The van der Waals surface area contributed by atoms with E-state index in [2.05, 4.69) is 30.7 Å². The van der Waals surface area contributed by atoms with Crippen LogP contribution in [-0.2, 0) is 4.57 Å². The topological polar surface area (TPSA) is 119 Å². The molecule has 0 unspecified atom stereocenters. The number of nitrogens with zero attached hydrogens (tertiary/aromatic N) is 6. The van der Waals surface area contributed by atoms with Gasteiger partial charge in [0.25, 0.3) is 0 Å². The molecule has 0 aliphatic rings. The Kier molecular flexibility index (Phi) is 9.92. The van der Waals surface area contributed by atoms with Crippen molar-refractivity contribution in [3.8, 4) is 17.2 Å². The molecule has 6 aromatic rings. The Balaban J connectivity index is 1.19. The number of phosphoric acid groups is 1. The molecule has 6 rings (SSSR count). The lowest BCUT2D eigenvalue weighted by molar-refractivity contribution is 0.298. The number of azo groups is 3. The molecule has 0 atom stereocenters. The normalized spacial score (nSPS) is 11.7. The molecule has 0 fully saturated rings. The second kappa shape index (κ2) is 15.2. The lowest BCUT2D eigenvalue weighted by atomic mass is 10.3. The SMILES string of the molecule is O=P(Oc1ccc(/N=N/c2ccccc2)cc1)(Oc1ccc(/N=N/c2ccccc2)cc1)Oc1ccc(/N=N/c2ccccc2)cc1. The van der Waals surface area contributed by atoms with Gasteiger partial charge in [0.05, 0.1) is 34.1 Å². The van der Waals surface area contributed by atoms with Crippen LogP contribution in [0.4, 0.5) is 34.1 Å². The van der Waals surface area contributed by atoms with E-state index in [0.717, 1.165) is 17.1 Å². The van der Waals surface area contributed by atoms with E-state index in [1.165, 1.54) is 0 Å². The summed E-state index contributed by atoms with van der Waals surface area (Å²) in [5.74, 6) is 0.732. The average Bonchev–Trinajstić information content (AvgIpc) is 3.12. The van der Waals surface area contributed by atoms with Gasteiger partial charge in [-0.1, -0.05) is 54.6 Å². The van der Waals surface area contributed by atoms with E-state index in [1.54, 1.807) is 72.8 Å². The zero-order valence-corrected chi connectivity index (χ0v) is 25.7. The molecular formula is C36H27N6O4P. The highest BCUT2D eigenvalue weighted by Crippen LogP contribution is 2.50. The third-order valence-corrected chi connectivity index (χ3v) is 7.58. The zero-order chi connectivity index (χ0) is 32.2. The van der Waals surface area contributed by atoms with Gasteiger partial charge in [-0.05, 0) is 109 Å². The third-order valence-electron chi connectivity index (χ3n) is 6.27. The van der Waals surface area contributed by atoms with Crippen LogP contribution >= 0.6 is 7.82 Å². The van der Waals surface area contributed by atoms with Crippen LogP contribution in [0.5, 0.6) is 17.2 Å². The maximum absolute atomic E-state index is 14.1. The Morgan fingerprint density at radius 3 is 0.745 bits per heavy atom. The van der Waals surface area contributed by atoms with Crippen molar-refractivity contribution in [2.24, 2.45) is 30.7 Å². The molecular weight excluding hydrogens is 611 g/mol. The number of benzene rings is 6. The molecule has 0 amide bonds. The van der Waals surface area contributed by atoms with E-state index in [1.807, 2.05) is 91.0 Å². The molecule has 6 aromatic carbocycles. The minimum Gasteiger partial charge on any atom is -0.386 e. The van der Waals surface area contributed by atoms with Gasteiger partial charge < -0.3 is 13.6 Å². The van der Waals surface area contributed by atoms with E-state index >= 15 is 0 Å². The molecule has 11 heteroatoms. The molecule has 0 N–H and O–H groups in total. The number of hydrogen-bond acceptors (Lipinski definition) is 10. The quantitative estimate of drug-likeness (QED) is 0.0978. The molecule has 0 aliphatic heterocycles. The molecule has 0 saturated carbocycles. The summed E-state index contributed by atoms with van der Waals surface area (Å²) in [4.78, 5) is 0. The van der Waals surface area contributed by atoms with Crippen LogP contribution in [0.15, 0.2) is 194 Å². The van der Waals surface area contributed by atoms with Gasteiger partial charge in [-0.3, -0.25) is 0 Å². The van der Waals surface area contributed by atoms with Gasteiger partial charge in [0.1, 0.15) is 17.2 Å². The smallest absolute Gasteiger partial charge is 0.386 e. The van der Waals surface area contributed by atoms with Crippen molar-refractivity contribution in [1.82, 2.24) is 0 Å². The van der Waals surface area contributed by atoms with E-state index in [9.17, 15) is 4.57 Å². The number of rotatable bonds is 12. The zero-order valence-electron chi connectivity index (χ0n) is 24.9. The molecule has 0 heterocycles. The molecule has 0 aliphatic carbocycles. The molecule has 0 spiro atoms. The van der Waals surface area contributed by atoms with E-state index < -0.39 is 7.82 Å². The van der Waals surface area contributed by atoms with Gasteiger partial charge >= 0.3 is 7.82 Å². The second-order valence-electron chi connectivity index (χ2n) is 9.81. The Morgan fingerprint density at radius 1 is 0.298 bits per heavy atom. The van der Waals surface area contributed by atoms with E-state index in [4.69, 9.17) is 13.6 Å². The molecule has 230 valence electrons. The first-order valence-electron chi connectivity index (χ1n) is 14.5. The first kappa shape index (κ1) is 30.8. The fourth-order valence-corrected chi connectivity index (χ4v) is 5.25. The van der Waals surface area contributed by atoms with Crippen molar-refractivity contribution in [2.75, 3.05) is 0 Å². The number of hydrogen-bond donors (Lipinski definition) is 0. The van der Waals surface area contributed by atoms with Crippen molar-refractivity contribution in [3.05, 3.63) is 164 Å². The summed E-state index contributed by atoms with van der Waals surface area (Å²) < 4.78 is 31.7. The Hall–Kier alpha value is -6.25. The predicted molar refractivity (Wildman–Crippen MR) is 181 cm³/mol. The van der Waals surface area contributed by atoms with Crippen LogP contribution in [0, 0.1) is 0 Å². The van der Waals surface area contributed by atoms with Gasteiger partial charge in [-0.2, -0.15) is 35.3 Å². The summed E-state index contributed by atoms with van der Waals surface area (Å²) in [6.07, 6.45) is 0. The Morgan fingerprint density at radius 2 is 0.511 bits per heavy atom. The summed E-state index contributed by atoms with van der Waals surface area (Å²) in [5.41, 5.74) is 3.91. The maximum Gasteiger partial charge on any atom is 0.647 e. The second-order valence-corrected chi connectivity index (χ2v) is 11.3. The summed E-state index contributed by atoms with van der Waals surface area (Å²) in [7, 11) is -4.28. The Bertz CT molecular complexity index is 1770. The lowest BCUT2D eigenvalue weighted by Gasteiger charge is -2.19. The third kappa shape index (κ3) is 9.37. The van der Waals surface area contributed by atoms with Gasteiger partial charge in [0, 0.05) is 0 Å². The van der Waals surface area contributed by atoms with Crippen molar-refractivity contribution in [3.63, 3.8) is 0 Å². The highest BCUT2D eigenvalue weighted by Gasteiger charge is 2.33. The minimum atomic E-state index is -4.28. The van der Waals surface area contributed by atoms with Crippen molar-refractivity contribution >= 4 is 41.9 Å². The molecule has 0 saturated heterocycles. The first-order valence-corrected chi connectivity index (χ1v) is 15.9. The minimum absolute atomic E-state index is 0.244. The van der Waals surface area contributed by atoms with Crippen LogP contribution in [-0.4, -0.2) is 0 Å². The molecule has 47 heavy (non-hydrogen) atoms. The van der Waals surface area contributed by atoms with Crippen molar-refractivity contribution in [1.29, 1.82) is 0 Å². The average molecular weight is 639 g/mol. The lowest BCUT2D eigenvalue weighted by Crippen LogP contribution is -2.07. The van der Waals surface area contributed by atoms with Gasteiger partial charge in [0.2, 0.25) is 0 Å². The van der Waals surface area contributed by atoms with Crippen LogP contribution in [0.3, 0.4) is 0 Å². The van der Waals surface area contributed by atoms with Crippen LogP contribution in [0.2, 0.25) is 0 Å². The fraction of sp³-hybridized carbons (Fsp3) is 0. The first-order chi connectivity index (χ1) is 23.1. The molecule has 0 radical (unpaired) electrons. The van der Waals surface area contributed by atoms with Crippen molar-refractivity contribution in [2.45, 2.75) is 0 Å². The Labute approximate surface area is 271 Å².